The molecule has 108 valence electrons. The molecule has 1 aliphatic rings. The molecule has 0 unspecified atom stereocenters. The van der Waals surface area contributed by atoms with Crippen molar-refractivity contribution >= 4 is 29.2 Å². The number of halogens is 1. The first-order valence-corrected chi connectivity index (χ1v) is 7.00. The SMILES string of the molecule is O=C(CCCNc1ccc(Cl)cc1C(=O)O)NC1CC1. The third-order valence-corrected chi connectivity index (χ3v) is 3.29. The van der Waals surface area contributed by atoms with E-state index in [1.807, 2.05) is 0 Å². The third-order valence-electron chi connectivity index (χ3n) is 3.05. The van der Waals surface area contributed by atoms with Crippen LogP contribution in [0.4, 0.5) is 5.69 Å². The normalized spacial score (nSPS) is 13.8. The van der Waals surface area contributed by atoms with Crippen molar-refractivity contribution in [2.24, 2.45) is 0 Å². The topological polar surface area (TPSA) is 78.4 Å². The van der Waals surface area contributed by atoms with E-state index in [1.54, 1.807) is 12.1 Å². The van der Waals surface area contributed by atoms with Gasteiger partial charge in [0.05, 0.1) is 5.56 Å². The summed E-state index contributed by atoms with van der Waals surface area (Å²) in [6, 6.07) is 5.06. The first kappa shape index (κ1) is 14.7. The molecule has 20 heavy (non-hydrogen) atoms. The van der Waals surface area contributed by atoms with Gasteiger partial charge in [0.1, 0.15) is 0 Å². The van der Waals surface area contributed by atoms with Crippen LogP contribution in [0.1, 0.15) is 36.0 Å². The van der Waals surface area contributed by atoms with Gasteiger partial charge in [-0.1, -0.05) is 11.6 Å². The van der Waals surface area contributed by atoms with E-state index in [0.717, 1.165) is 12.8 Å². The first-order chi connectivity index (χ1) is 9.56. The number of benzene rings is 1. The lowest BCUT2D eigenvalue weighted by molar-refractivity contribution is -0.121. The smallest absolute Gasteiger partial charge is 0.337 e. The van der Waals surface area contributed by atoms with Gasteiger partial charge in [-0.15, -0.1) is 0 Å². The Labute approximate surface area is 122 Å². The van der Waals surface area contributed by atoms with E-state index in [9.17, 15) is 9.59 Å². The van der Waals surface area contributed by atoms with Crippen LogP contribution in [0.3, 0.4) is 0 Å². The fraction of sp³-hybridized carbons (Fsp3) is 0.429. The molecule has 6 heteroatoms. The maximum Gasteiger partial charge on any atom is 0.337 e. The van der Waals surface area contributed by atoms with Crippen LogP contribution in [0.15, 0.2) is 18.2 Å². The van der Waals surface area contributed by atoms with Crippen LogP contribution in [-0.4, -0.2) is 29.6 Å². The van der Waals surface area contributed by atoms with Crippen LogP contribution in [0.2, 0.25) is 5.02 Å². The highest BCUT2D eigenvalue weighted by atomic mass is 35.5. The fourth-order valence-electron chi connectivity index (χ4n) is 1.85. The number of anilines is 1. The van der Waals surface area contributed by atoms with Crippen LogP contribution in [0.25, 0.3) is 0 Å². The molecule has 0 aromatic heterocycles. The number of aromatic carboxylic acids is 1. The average Bonchev–Trinajstić information content (AvgIpc) is 3.19. The number of carboxylic acid groups (broad SMARTS) is 1. The summed E-state index contributed by atoms with van der Waals surface area (Å²) < 4.78 is 0. The average molecular weight is 297 g/mol. The molecule has 0 spiro atoms. The summed E-state index contributed by atoms with van der Waals surface area (Å²) in [6.07, 6.45) is 3.26. The van der Waals surface area contributed by atoms with E-state index in [4.69, 9.17) is 16.7 Å². The molecule has 0 radical (unpaired) electrons. The largest absolute Gasteiger partial charge is 0.478 e. The predicted molar refractivity (Wildman–Crippen MR) is 77.3 cm³/mol. The summed E-state index contributed by atoms with van der Waals surface area (Å²) in [5.74, 6) is -0.967. The van der Waals surface area contributed by atoms with Crippen LogP contribution in [-0.2, 0) is 4.79 Å². The molecule has 1 aromatic rings. The zero-order valence-electron chi connectivity index (χ0n) is 11.0. The quantitative estimate of drug-likeness (QED) is 0.676. The van der Waals surface area contributed by atoms with Crippen LogP contribution >= 0.6 is 11.6 Å². The first-order valence-electron chi connectivity index (χ1n) is 6.62. The molecule has 2 rings (SSSR count). The molecule has 0 bridgehead atoms. The number of rotatable bonds is 7. The molecular weight excluding hydrogens is 280 g/mol. The highest BCUT2D eigenvalue weighted by Gasteiger charge is 2.22. The molecule has 1 fully saturated rings. The number of amides is 1. The van der Waals surface area contributed by atoms with Gasteiger partial charge in [-0.2, -0.15) is 0 Å². The molecule has 0 saturated heterocycles. The van der Waals surface area contributed by atoms with Gasteiger partial charge in [0.2, 0.25) is 5.91 Å². The molecule has 0 atom stereocenters. The number of carboxylic acids is 1. The summed E-state index contributed by atoms with van der Waals surface area (Å²) >= 11 is 5.77. The van der Waals surface area contributed by atoms with Crippen molar-refractivity contribution in [1.82, 2.24) is 5.32 Å². The fourth-order valence-corrected chi connectivity index (χ4v) is 2.02. The van der Waals surface area contributed by atoms with Crippen LogP contribution < -0.4 is 10.6 Å². The zero-order chi connectivity index (χ0) is 14.5. The number of nitrogens with one attached hydrogen (secondary N) is 2. The lowest BCUT2D eigenvalue weighted by Crippen LogP contribution is -2.25. The lowest BCUT2D eigenvalue weighted by Gasteiger charge is -2.10. The summed E-state index contributed by atoms with van der Waals surface area (Å²) in [5.41, 5.74) is 0.657. The maximum absolute atomic E-state index is 11.5. The standard InChI is InChI=1S/C14H17ClN2O3/c15-9-3-6-12(11(8-9)14(19)20)16-7-1-2-13(18)17-10-4-5-10/h3,6,8,10,16H,1-2,4-5,7H2,(H,17,18)(H,19,20). The Balaban J connectivity index is 1.78. The number of carbonyl (C=O) groups excluding carboxylic acids is 1. The van der Waals surface area contributed by atoms with Crippen molar-refractivity contribution in [3.8, 4) is 0 Å². The number of carbonyl (C=O) groups is 2. The highest BCUT2D eigenvalue weighted by Crippen LogP contribution is 2.21. The van der Waals surface area contributed by atoms with E-state index >= 15 is 0 Å². The van der Waals surface area contributed by atoms with Crippen LogP contribution in [0.5, 0.6) is 0 Å². The van der Waals surface area contributed by atoms with Gasteiger partial charge >= 0.3 is 5.97 Å². The van der Waals surface area contributed by atoms with E-state index in [1.165, 1.54) is 6.07 Å². The van der Waals surface area contributed by atoms with Crippen LogP contribution in [0, 0.1) is 0 Å². The second-order valence-corrected chi connectivity index (χ2v) is 5.30. The molecule has 0 aliphatic heterocycles. The molecular formula is C14H17ClN2O3. The minimum atomic E-state index is -1.03. The lowest BCUT2D eigenvalue weighted by atomic mass is 10.1. The molecule has 0 heterocycles. The number of hydrogen-bond acceptors (Lipinski definition) is 3. The highest BCUT2D eigenvalue weighted by molar-refractivity contribution is 6.31. The van der Waals surface area contributed by atoms with Crippen molar-refractivity contribution in [1.29, 1.82) is 0 Å². The molecule has 1 amide bonds. The van der Waals surface area contributed by atoms with E-state index in [-0.39, 0.29) is 11.5 Å². The van der Waals surface area contributed by atoms with Crippen molar-refractivity contribution in [2.75, 3.05) is 11.9 Å². The van der Waals surface area contributed by atoms with Crippen molar-refractivity contribution in [2.45, 2.75) is 31.7 Å². The summed E-state index contributed by atoms with van der Waals surface area (Å²) in [7, 11) is 0. The van der Waals surface area contributed by atoms with Gasteiger partial charge in [0.15, 0.2) is 0 Å². The van der Waals surface area contributed by atoms with Gasteiger partial charge in [0, 0.05) is 29.7 Å². The zero-order valence-corrected chi connectivity index (χ0v) is 11.7. The van der Waals surface area contributed by atoms with E-state index < -0.39 is 5.97 Å². The molecule has 5 nitrogen and oxygen atoms in total. The Hall–Kier alpha value is -1.75. The summed E-state index contributed by atoms with van der Waals surface area (Å²) in [6.45, 7) is 0.542. The Morgan fingerprint density at radius 3 is 2.75 bits per heavy atom. The minimum absolute atomic E-state index is 0.0591. The van der Waals surface area contributed by atoms with Gasteiger partial charge < -0.3 is 15.7 Å². The second-order valence-electron chi connectivity index (χ2n) is 4.87. The monoisotopic (exact) mass is 296 g/mol. The summed E-state index contributed by atoms with van der Waals surface area (Å²) in [5, 5.41) is 15.4. The van der Waals surface area contributed by atoms with E-state index in [0.29, 0.717) is 36.1 Å². The van der Waals surface area contributed by atoms with Gasteiger partial charge in [-0.25, -0.2) is 4.79 Å². The van der Waals surface area contributed by atoms with E-state index in [2.05, 4.69) is 10.6 Å². The second kappa shape index (κ2) is 6.61. The van der Waals surface area contributed by atoms with Gasteiger partial charge in [-0.3, -0.25) is 4.79 Å². The molecule has 1 aliphatic carbocycles. The Morgan fingerprint density at radius 2 is 2.10 bits per heavy atom. The maximum atomic E-state index is 11.5. The molecule has 1 aromatic carbocycles. The van der Waals surface area contributed by atoms with Crippen molar-refractivity contribution in [3.63, 3.8) is 0 Å². The third kappa shape index (κ3) is 4.42. The Bertz CT molecular complexity index is 515. The van der Waals surface area contributed by atoms with Crippen molar-refractivity contribution in [3.05, 3.63) is 28.8 Å². The predicted octanol–water partition coefficient (Wildman–Crippen LogP) is 2.51. The van der Waals surface area contributed by atoms with Gasteiger partial charge in [0.25, 0.3) is 0 Å². The van der Waals surface area contributed by atoms with Crippen molar-refractivity contribution < 1.29 is 14.7 Å². The Morgan fingerprint density at radius 1 is 1.35 bits per heavy atom. The number of hydrogen-bond donors (Lipinski definition) is 3. The molecule has 3 N–H and O–H groups in total. The summed E-state index contributed by atoms with van der Waals surface area (Å²) in [4.78, 5) is 22.6. The minimum Gasteiger partial charge on any atom is -0.478 e. The van der Waals surface area contributed by atoms with Gasteiger partial charge in [-0.05, 0) is 37.5 Å². The molecule has 1 saturated carbocycles. The Kier molecular flexibility index (Phi) is 4.84.